The van der Waals surface area contributed by atoms with Crippen LogP contribution in [0, 0.1) is 5.82 Å². The molecule has 1 saturated heterocycles. The van der Waals surface area contributed by atoms with E-state index in [2.05, 4.69) is 10.0 Å². The first kappa shape index (κ1) is 29.1. The predicted octanol–water partition coefficient (Wildman–Crippen LogP) is 3.25. The summed E-state index contributed by atoms with van der Waals surface area (Å²) in [6, 6.07) is 4.71. The number of amides is 3. The van der Waals surface area contributed by atoms with Crippen LogP contribution in [0.25, 0.3) is 5.57 Å². The molecular formula is C26H32FN5O7S. The van der Waals surface area contributed by atoms with Gasteiger partial charge in [-0.1, -0.05) is 18.2 Å². The monoisotopic (exact) mass is 577 g/mol. The lowest BCUT2D eigenvalue weighted by molar-refractivity contribution is -0.150. The van der Waals surface area contributed by atoms with Crippen molar-refractivity contribution in [3.05, 3.63) is 53.2 Å². The zero-order chi connectivity index (χ0) is 29.0. The van der Waals surface area contributed by atoms with E-state index < -0.39 is 35.7 Å². The summed E-state index contributed by atoms with van der Waals surface area (Å²) in [6.45, 7) is 7.32. The lowest BCUT2D eigenvalue weighted by Gasteiger charge is -2.29. The third-order valence-electron chi connectivity index (χ3n) is 6.09. The molecule has 3 aliphatic heterocycles. The third kappa shape index (κ3) is 7.17. The highest BCUT2D eigenvalue weighted by molar-refractivity contribution is 7.96. The van der Waals surface area contributed by atoms with E-state index in [1.807, 2.05) is 0 Å². The van der Waals surface area contributed by atoms with Crippen LogP contribution in [0.5, 0.6) is 0 Å². The molecule has 3 aliphatic rings. The topological polar surface area (TPSA) is 130 Å². The molecule has 3 amide bonds. The molecule has 0 radical (unpaired) electrons. The Labute approximate surface area is 235 Å². The molecule has 3 heterocycles. The van der Waals surface area contributed by atoms with Gasteiger partial charge in [-0.15, -0.1) is 0 Å². The molecule has 1 aromatic carbocycles. The van der Waals surface area contributed by atoms with Crippen molar-refractivity contribution in [1.82, 2.24) is 24.1 Å². The summed E-state index contributed by atoms with van der Waals surface area (Å²) in [5.41, 5.74) is 0.936. The minimum atomic E-state index is -0.786. The molecule has 2 N–H and O–H groups in total. The van der Waals surface area contributed by atoms with Crippen molar-refractivity contribution in [2.24, 2.45) is 0 Å². The number of hydrogen-bond acceptors (Lipinski definition) is 10. The van der Waals surface area contributed by atoms with Gasteiger partial charge in [0.25, 0.3) is 5.91 Å². The van der Waals surface area contributed by atoms with Crippen LogP contribution in [0.3, 0.4) is 0 Å². The van der Waals surface area contributed by atoms with E-state index in [9.17, 15) is 19.2 Å². The lowest BCUT2D eigenvalue weighted by Crippen LogP contribution is -2.40. The van der Waals surface area contributed by atoms with Crippen LogP contribution < -0.4 is 10.0 Å². The van der Waals surface area contributed by atoms with E-state index in [-0.39, 0.29) is 25.7 Å². The Kier molecular flexibility index (Phi) is 8.76. The maximum absolute atomic E-state index is 15.4. The van der Waals surface area contributed by atoms with Crippen molar-refractivity contribution in [1.29, 1.82) is 0 Å². The fraction of sp³-hybridized carbons (Fsp3) is 0.462. The number of cyclic esters (lactones) is 1. The molecule has 0 bridgehead atoms. The number of carbonyl (C=O) groups is 4. The van der Waals surface area contributed by atoms with Crippen molar-refractivity contribution < 1.29 is 37.8 Å². The molecule has 40 heavy (non-hydrogen) atoms. The van der Waals surface area contributed by atoms with Crippen LogP contribution in [-0.2, 0) is 23.8 Å². The number of benzene rings is 1. The van der Waals surface area contributed by atoms with Crippen molar-refractivity contribution in [2.45, 2.75) is 45.9 Å². The van der Waals surface area contributed by atoms with Gasteiger partial charge in [0.1, 0.15) is 30.0 Å². The molecule has 0 saturated carbocycles. The van der Waals surface area contributed by atoms with Crippen LogP contribution in [0.4, 0.5) is 14.0 Å². The van der Waals surface area contributed by atoms with Crippen molar-refractivity contribution in [2.75, 3.05) is 32.8 Å². The summed E-state index contributed by atoms with van der Waals surface area (Å²) in [5.74, 6) is -0.914. The lowest BCUT2D eigenvalue weighted by atomic mass is 9.97. The van der Waals surface area contributed by atoms with E-state index in [4.69, 9.17) is 14.2 Å². The van der Waals surface area contributed by atoms with Gasteiger partial charge in [-0.05, 0) is 44.4 Å². The van der Waals surface area contributed by atoms with Gasteiger partial charge in [0, 0.05) is 25.6 Å². The molecule has 1 fully saturated rings. The molecule has 0 aliphatic carbocycles. The SMILES string of the molecule is CC(=O)OCC(=O)N1CC=C(c2ccc(C(NC3=CN(C(=O)OC(C)(C)C)SN3)N3CCOC3=O)cc2F)CC1. The minimum absolute atomic E-state index is 0.197. The Bertz CT molecular complexity index is 1250. The zero-order valence-electron chi connectivity index (χ0n) is 22.7. The molecule has 1 atom stereocenters. The van der Waals surface area contributed by atoms with Gasteiger partial charge in [-0.25, -0.2) is 18.3 Å². The molecule has 0 spiro atoms. The average molecular weight is 578 g/mol. The maximum atomic E-state index is 15.4. The fourth-order valence-corrected chi connectivity index (χ4v) is 4.80. The van der Waals surface area contributed by atoms with Crippen LogP contribution in [-0.4, -0.2) is 76.6 Å². The summed E-state index contributed by atoms with van der Waals surface area (Å²) in [7, 11) is 0. The first-order valence-electron chi connectivity index (χ1n) is 12.7. The first-order chi connectivity index (χ1) is 18.9. The zero-order valence-corrected chi connectivity index (χ0v) is 23.5. The molecule has 0 aromatic heterocycles. The van der Waals surface area contributed by atoms with Gasteiger partial charge >= 0.3 is 18.2 Å². The van der Waals surface area contributed by atoms with E-state index in [1.54, 1.807) is 43.9 Å². The number of nitrogens with one attached hydrogen (secondary N) is 2. The minimum Gasteiger partial charge on any atom is -0.456 e. The van der Waals surface area contributed by atoms with Gasteiger partial charge in [-0.2, -0.15) is 0 Å². The summed E-state index contributed by atoms with van der Waals surface area (Å²) in [5, 5.41) is 3.16. The number of hydrogen-bond donors (Lipinski definition) is 2. The second-order valence-corrected chi connectivity index (χ2v) is 11.0. The Morgan fingerprint density at radius 1 is 1.25 bits per heavy atom. The second kappa shape index (κ2) is 12.1. The summed E-state index contributed by atoms with van der Waals surface area (Å²) < 4.78 is 34.9. The maximum Gasteiger partial charge on any atom is 0.426 e. The Morgan fingerprint density at radius 3 is 2.62 bits per heavy atom. The van der Waals surface area contributed by atoms with Gasteiger partial charge < -0.3 is 24.4 Å². The number of nitrogens with zero attached hydrogens (tertiary/aromatic N) is 3. The van der Waals surface area contributed by atoms with Crippen molar-refractivity contribution >= 4 is 41.8 Å². The molecule has 4 rings (SSSR count). The Hall–Kier alpha value is -3.94. The highest BCUT2D eigenvalue weighted by atomic mass is 32.2. The Balaban J connectivity index is 1.49. The number of halogens is 1. The number of rotatable bonds is 7. The van der Waals surface area contributed by atoms with Crippen LogP contribution in [0.2, 0.25) is 0 Å². The fourth-order valence-electron chi connectivity index (χ4n) is 4.22. The van der Waals surface area contributed by atoms with E-state index in [0.717, 1.165) is 17.7 Å². The van der Waals surface area contributed by atoms with Gasteiger partial charge in [-0.3, -0.25) is 19.2 Å². The largest absolute Gasteiger partial charge is 0.456 e. The molecule has 1 aromatic rings. The standard InChI is InChI=1S/C26H32FN5O7S/c1-16(33)38-15-22(34)30-9-7-17(8-10-30)19-6-5-18(13-20(19)27)23(31-11-12-37-24(31)35)28-21-14-32(40-29-21)25(36)39-26(2,3)4/h5-7,13-14,23,28-29H,8-12,15H2,1-4H3. The van der Waals surface area contributed by atoms with Crippen molar-refractivity contribution in [3.63, 3.8) is 0 Å². The molecule has 14 heteroatoms. The number of esters is 1. The van der Waals surface area contributed by atoms with E-state index in [1.165, 1.54) is 28.4 Å². The van der Waals surface area contributed by atoms with E-state index >= 15 is 4.39 Å². The van der Waals surface area contributed by atoms with Crippen LogP contribution in [0.1, 0.15) is 51.4 Å². The van der Waals surface area contributed by atoms with Crippen LogP contribution in [0.15, 0.2) is 36.3 Å². The highest BCUT2D eigenvalue weighted by Gasteiger charge is 2.34. The van der Waals surface area contributed by atoms with Gasteiger partial charge in [0.2, 0.25) is 0 Å². The summed E-state index contributed by atoms with van der Waals surface area (Å²) in [4.78, 5) is 51.0. The highest BCUT2D eigenvalue weighted by Crippen LogP contribution is 2.30. The van der Waals surface area contributed by atoms with Gasteiger partial charge in [0.05, 0.1) is 24.9 Å². The molecule has 1 unspecified atom stereocenters. The van der Waals surface area contributed by atoms with Crippen molar-refractivity contribution in [3.8, 4) is 0 Å². The smallest absolute Gasteiger partial charge is 0.426 e. The second-order valence-electron chi connectivity index (χ2n) is 10.2. The van der Waals surface area contributed by atoms with E-state index in [0.29, 0.717) is 36.5 Å². The van der Waals surface area contributed by atoms with Crippen LogP contribution >= 0.6 is 12.1 Å². The molecule has 216 valence electrons. The normalized spacial score (nSPS) is 17.9. The quantitative estimate of drug-likeness (QED) is 0.283. The summed E-state index contributed by atoms with van der Waals surface area (Å²) in [6.07, 6.45) is 1.80. The van der Waals surface area contributed by atoms with Gasteiger partial charge in [0.15, 0.2) is 6.61 Å². The Morgan fingerprint density at radius 2 is 2.02 bits per heavy atom. The first-order valence-corrected chi connectivity index (χ1v) is 13.5. The number of ether oxygens (including phenoxy) is 3. The average Bonchev–Trinajstić information content (AvgIpc) is 3.54. The third-order valence-corrected chi connectivity index (χ3v) is 6.85. The number of carbonyl (C=O) groups excluding carboxylic acids is 4. The summed E-state index contributed by atoms with van der Waals surface area (Å²) >= 11 is 0.996. The predicted molar refractivity (Wildman–Crippen MR) is 143 cm³/mol. The molecular weight excluding hydrogens is 545 g/mol. The molecule has 12 nitrogen and oxygen atoms in total.